The second-order valence-corrected chi connectivity index (χ2v) is 8.13. The van der Waals surface area contributed by atoms with Gasteiger partial charge in [0.05, 0.1) is 0 Å². The van der Waals surface area contributed by atoms with Crippen molar-refractivity contribution in [3.63, 3.8) is 0 Å². The summed E-state index contributed by atoms with van der Waals surface area (Å²) in [6, 6.07) is 19.6. The topological polar surface area (TPSA) is 58.6 Å². The molecule has 0 radical (unpaired) electrons. The molecular weight excluding hydrogens is 364 g/mol. The van der Waals surface area contributed by atoms with Crippen LogP contribution in [0.4, 0.5) is 0 Å². The van der Waals surface area contributed by atoms with Crippen LogP contribution in [-0.4, -0.2) is 43.0 Å². The summed E-state index contributed by atoms with van der Waals surface area (Å²) in [6.45, 7) is 2.17. The molecule has 1 unspecified atom stereocenters. The minimum atomic E-state index is 0.0215. The fraction of sp³-hybridized carbons (Fsp3) is 0.417. The van der Waals surface area contributed by atoms with Crippen LogP contribution in [0.2, 0.25) is 0 Å². The van der Waals surface area contributed by atoms with Crippen LogP contribution in [0.15, 0.2) is 60.7 Å². The fourth-order valence-corrected chi connectivity index (χ4v) is 4.32. The molecule has 0 aromatic heterocycles. The van der Waals surface area contributed by atoms with E-state index in [4.69, 9.17) is 4.74 Å². The van der Waals surface area contributed by atoms with Gasteiger partial charge in [-0.1, -0.05) is 48.5 Å². The van der Waals surface area contributed by atoms with Crippen molar-refractivity contribution in [1.29, 1.82) is 0 Å². The molecule has 1 aliphatic carbocycles. The van der Waals surface area contributed by atoms with Crippen LogP contribution in [0.3, 0.4) is 0 Å². The lowest BCUT2D eigenvalue weighted by molar-refractivity contribution is -0.135. The lowest BCUT2D eigenvalue weighted by atomic mass is 9.90. The molecule has 152 valence electrons. The first kappa shape index (κ1) is 19.5. The first-order chi connectivity index (χ1) is 14.2. The van der Waals surface area contributed by atoms with E-state index in [2.05, 4.69) is 17.4 Å². The number of nitrogens with zero attached hydrogens (tertiary/aromatic N) is 1. The van der Waals surface area contributed by atoms with E-state index in [0.717, 1.165) is 25.7 Å². The van der Waals surface area contributed by atoms with Gasteiger partial charge in [0.2, 0.25) is 5.91 Å². The zero-order chi connectivity index (χ0) is 20.1. The largest absolute Gasteiger partial charge is 0.484 e. The number of hydrogen-bond donors (Lipinski definition) is 1. The summed E-state index contributed by atoms with van der Waals surface area (Å²) in [5.74, 6) is 1.01. The van der Waals surface area contributed by atoms with Gasteiger partial charge >= 0.3 is 0 Å². The van der Waals surface area contributed by atoms with Gasteiger partial charge in [-0.05, 0) is 48.8 Å². The van der Waals surface area contributed by atoms with E-state index in [9.17, 15) is 9.59 Å². The van der Waals surface area contributed by atoms with Gasteiger partial charge in [0, 0.05) is 25.6 Å². The van der Waals surface area contributed by atoms with Gasteiger partial charge in [-0.2, -0.15) is 0 Å². The lowest BCUT2D eigenvalue weighted by Crippen LogP contribution is -2.42. The quantitative estimate of drug-likeness (QED) is 0.788. The van der Waals surface area contributed by atoms with E-state index in [1.165, 1.54) is 5.56 Å². The molecule has 4 rings (SSSR count). The average Bonchev–Trinajstić information content (AvgIpc) is 3.47. The molecule has 5 heteroatoms. The van der Waals surface area contributed by atoms with Crippen LogP contribution in [0, 0.1) is 11.3 Å². The molecule has 1 spiro atoms. The Balaban J connectivity index is 1.17. The Kier molecular flexibility index (Phi) is 5.84. The van der Waals surface area contributed by atoms with E-state index in [0.29, 0.717) is 25.4 Å². The number of carbonyl (C=O) groups is 2. The van der Waals surface area contributed by atoms with Crippen molar-refractivity contribution in [2.75, 3.05) is 26.2 Å². The summed E-state index contributed by atoms with van der Waals surface area (Å²) < 4.78 is 5.57. The Morgan fingerprint density at radius 3 is 2.34 bits per heavy atom. The van der Waals surface area contributed by atoms with Crippen molar-refractivity contribution >= 4 is 11.8 Å². The Morgan fingerprint density at radius 2 is 1.66 bits per heavy atom. The SMILES string of the molecule is O=C(NCCc1ccccc1)C1CC12CCN(C(=O)COc1ccccc1)CC2. The zero-order valence-electron chi connectivity index (χ0n) is 16.7. The van der Waals surface area contributed by atoms with Crippen LogP contribution in [0.1, 0.15) is 24.8 Å². The van der Waals surface area contributed by atoms with Gasteiger partial charge in [-0.25, -0.2) is 0 Å². The van der Waals surface area contributed by atoms with Crippen LogP contribution >= 0.6 is 0 Å². The second-order valence-electron chi connectivity index (χ2n) is 8.13. The van der Waals surface area contributed by atoms with Crippen molar-refractivity contribution in [1.82, 2.24) is 10.2 Å². The highest BCUT2D eigenvalue weighted by atomic mass is 16.5. The molecule has 2 aromatic carbocycles. The summed E-state index contributed by atoms with van der Waals surface area (Å²) in [4.78, 5) is 26.8. The van der Waals surface area contributed by atoms with E-state index >= 15 is 0 Å². The zero-order valence-corrected chi connectivity index (χ0v) is 16.7. The number of rotatable bonds is 7. The van der Waals surface area contributed by atoms with E-state index in [-0.39, 0.29) is 29.8 Å². The standard InChI is InChI=1S/C24H28N2O3/c27-22(18-29-20-9-5-2-6-10-20)26-15-12-24(13-16-26)17-21(24)23(28)25-14-11-19-7-3-1-4-8-19/h1-10,21H,11-18H2,(H,25,28). The molecule has 1 saturated carbocycles. The first-order valence-electron chi connectivity index (χ1n) is 10.4. The summed E-state index contributed by atoms with van der Waals surface area (Å²) in [6.07, 6.45) is 3.62. The molecule has 1 aliphatic heterocycles. The van der Waals surface area contributed by atoms with Crippen LogP contribution < -0.4 is 10.1 Å². The number of hydrogen-bond acceptors (Lipinski definition) is 3. The predicted molar refractivity (Wildman–Crippen MR) is 111 cm³/mol. The molecule has 2 aromatic rings. The molecule has 5 nitrogen and oxygen atoms in total. The number of carbonyl (C=O) groups excluding carboxylic acids is 2. The maximum atomic E-state index is 12.5. The summed E-state index contributed by atoms with van der Waals surface area (Å²) >= 11 is 0. The summed E-state index contributed by atoms with van der Waals surface area (Å²) in [5.41, 5.74) is 1.34. The minimum Gasteiger partial charge on any atom is -0.484 e. The van der Waals surface area contributed by atoms with Crippen LogP contribution in [0.5, 0.6) is 5.75 Å². The van der Waals surface area contributed by atoms with Crippen molar-refractivity contribution in [2.24, 2.45) is 11.3 Å². The fourth-order valence-electron chi connectivity index (χ4n) is 4.32. The third-order valence-corrected chi connectivity index (χ3v) is 6.28. The van der Waals surface area contributed by atoms with Gasteiger partial charge in [0.15, 0.2) is 6.61 Å². The summed E-state index contributed by atoms with van der Waals surface area (Å²) in [7, 11) is 0. The van der Waals surface area contributed by atoms with Gasteiger partial charge in [-0.15, -0.1) is 0 Å². The van der Waals surface area contributed by atoms with E-state index in [1.807, 2.05) is 53.4 Å². The smallest absolute Gasteiger partial charge is 0.260 e. The van der Waals surface area contributed by atoms with Crippen LogP contribution in [-0.2, 0) is 16.0 Å². The maximum Gasteiger partial charge on any atom is 0.260 e. The lowest BCUT2D eigenvalue weighted by Gasteiger charge is -2.32. The number of benzene rings is 2. The Morgan fingerprint density at radius 1 is 1.00 bits per heavy atom. The average molecular weight is 392 g/mol. The highest BCUT2D eigenvalue weighted by molar-refractivity contribution is 5.83. The maximum absolute atomic E-state index is 12.5. The van der Waals surface area contributed by atoms with E-state index < -0.39 is 0 Å². The second kappa shape index (κ2) is 8.68. The monoisotopic (exact) mass is 392 g/mol. The molecule has 1 atom stereocenters. The number of para-hydroxylation sites is 1. The molecule has 2 amide bonds. The molecule has 0 bridgehead atoms. The number of piperidine rings is 1. The van der Waals surface area contributed by atoms with Gasteiger partial charge in [0.25, 0.3) is 5.91 Å². The molecule has 2 aliphatic rings. The Bertz CT molecular complexity index is 830. The molecule has 1 heterocycles. The highest BCUT2D eigenvalue weighted by Gasteiger charge is 2.58. The van der Waals surface area contributed by atoms with Crippen LogP contribution in [0.25, 0.3) is 0 Å². The van der Waals surface area contributed by atoms with E-state index in [1.54, 1.807) is 0 Å². The number of amides is 2. The van der Waals surface area contributed by atoms with Gasteiger partial charge < -0.3 is 15.0 Å². The molecule has 29 heavy (non-hydrogen) atoms. The molecule has 2 fully saturated rings. The predicted octanol–water partition coefficient (Wildman–Crippen LogP) is 3.05. The first-order valence-corrected chi connectivity index (χ1v) is 10.4. The molecule has 1 N–H and O–H groups in total. The minimum absolute atomic E-state index is 0.0215. The molecule has 1 saturated heterocycles. The highest BCUT2D eigenvalue weighted by Crippen LogP contribution is 2.59. The number of likely N-dealkylation sites (tertiary alicyclic amines) is 1. The van der Waals surface area contributed by atoms with Crippen molar-refractivity contribution in [3.8, 4) is 5.75 Å². The normalized spacial score (nSPS) is 19.6. The van der Waals surface area contributed by atoms with Crippen molar-refractivity contribution in [3.05, 3.63) is 66.2 Å². The summed E-state index contributed by atoms with van der Waals surface area (Å²) in [5, 5.41) is 3.10. The third kappa shape index (κ3) is 4.78. The van der Waals surface area contributed by atoms with Crippen molar-refractivity contribution < 1.29 is 14.3 Å². The number of nitrogens with one attached hydrogen (secondary N) is 1. The number of ether oxygens (including phenoxy) is 1. The van der Waals surface area contributed by atoms with Crippen molar-refractivity contribution in [2.45, 2.75) is 25.7 Å². The van der Waals surface area contributed by atoms with Gasteiger partial charge in [0.1, 0.15) is 5.75 Å². The Labute approximate surface area is 172 Å². The third-order valence-electron chi connectivity index (χ3n) is 6.28. The molecular formula is C24H28N2O3. The Hall–Kier alpha value is -2.82. The van der Waals surface area contributed by atoms with Gasteiger partial charge in [-0.3, -0.25) is 9.59 Å².